The van der Waals surface area contributed by atoms with E-state index in [1.807, 2.05) is 18.7 Å². The molecule has 0 radical (unpaired) electrons. The lowest BCUT2D eigenvalue weighted by Crippen LogP contribution is -2.69. The maximum absolute atomic E-state index is 12.3. The van der Waals surface area contributed by atoms with Crippen molar-refractivity contribution in [3.8, 4) is 0 Å². The van der Waals surface area contributed by atoms with E-state index in [2.05, 4.69) is 11.6 Å². The number of piperazine rings is 1. The molecule has 5 heteroatoms. The molecule has 0 aromatic rings. The highest BCUT2D eigenvalue weighted by molar-refractivity contribution is 7.98. The zero-order valence-electron chi connectivity index (χ0n) is 11.8. The highest BCUT2D eigenvalue weighted by Gasteiger charge is 2.48. The van der Waals surface area contributed by atoms with Gasteiger partial charge in [0.1, 0.15) is 11.6 Å². The second-order valence-corrected chi connectivity index (χ2v) is 5.76. The van der Waals surface area contributed by atoms with Crippen molar-refractivity contribution in [2.45, 2.75) is 51.6 Å². The van der Waals surface area contributed by atoms with Gasteiger partial charge in [-0.05, 0) is 38.2 Å². The number of amides is 2. The molecule has 0 spiro atoms. The summed E-state index contributed by atoms with van der Waals surface area (Å²) in [6.45, 7) is 6.40. The van der Waals surface area contributed by atoms with Gasteiger partial charge in [0.15, 0.2) is 0 Å². The molecule has 1 rings (SSSR count). The summed E-state index contributed by atoms with van der Waals surface area (Å²) in [7, 11) is 0. The van der Waals surface area contributed by atoms with Crippen molar-refractivity contribution >= 4 is 23.6 Å². The maximum atomic E-state index is 12.3. The van der Waals surface area contributed by atoms with E-state index in [1.54, 1.807) is 18.7 Å². The molecule has 1 heterocycles. The van der Waals surface area contributed by atoms with Gasteiger partial charge in [0.2, 0.25) is 11.8 Å². The van der Waals surface area contributed by atoms with Crippen molar-refractivity contribution in [1.82, 2.24) is 10.2 Å². The zero-order chi connectivity index (χ0) is 13.8. The Balaban J connectivity index is 2.93. The van der Waals surface area contributed by atoms with Crippen LogP contribution in [0.5, 0.6) is 0 Å². The van der Waals surface area contributed by atoms with E-state index in [4.69, 9.17) is 0 Å². The average molecular weight is 272 g/mol. The number of rotatable bonds is 6. The molecule has 1 aliphatic heterocycles. The number of hydrogen-bond donors (Lipinski definition) is 1. The highest BCUT2D eigenvalue weighted by Crippen LogP contribution is 2.29. The van der Waals surface area contributed by atoms with Crippen LogP contribution in [0, 0.1) is 0 Å². The van der Waals surface area contributed by atoms with E-state index in [-0.39, 0.29) is 11.8 Å². The van der Waals surface area contributed by atoms with E-state index in [1.165, 1.54) is 0 Å². The number of carbonyl (C=O) groups is 2. The number of carbonyl (C=O) groups excluding carboxylic acids is 2. The molecular weight excluding hydrogens is 248 g/mol. The molecule has 1 aliphatic rings. The van der Waals surface area contributed by atoms with Gasteiger partial charge in [-0.15, -0.1) is 0 Å². The molecule has 1 atom stereocenters. The number of thioether (sulfide) groups is 1. The number of hydrogen-bond acceptors (Lipinski definition) is 3. The Morgan fingerprint density at radius 1 is 1.33 bits per heavy atom. The summed E-state index contributed by atoms with van der Waals surface area (Å²) in [5, 5.41) is 2.81. The first-order valence-corrected chi connectivity index (χ1v) is 8.04. The van der Waals surface area contributed by atoms with Gasteiger partial charge in [-0.3, -0.25) is 9.59 Å². The first-order valence-electron chi connectivity index (χ1n) is 6.64. The lowest BCUT2D eigenvalue weighted by molar-refractivity contribution is -0.157. The van der Waals surface area contributed by atoms with Crippen LogP contribution in [0.1, 0.15) is 40.0 Å². The van der Waals surface area contributed by atoms with Crippen molar-refractivity contribution in [2.75, 3.05) is 18.6 Å². The Morgan fingerprint density at radius 3 is 2.44 bits per heavy atom. The van der Waals surface area contributed by atoms with E-state index >= 15 is 0 Å². The molecular formula is C13H24N2O2S. The molecule has 0 saturated carbocycles. The van der Waals surface area contributed by atoms with Crippen LogP contribution in [0.15, 0.2) is 0 Å². The van der Waals surface area contributed by atoms with Gasteiger partial charge in [-0.2, -0.15) is 11.8 Å². The number of nitrogens with zero attached hydrogens (tertiary/aromatic N) is 1. The summed E-state index contributed by atoms with van der Waals surface area (Å²) in [4.78, 5) is 26.4. The minimum atomic E-state index is -0.637. The molecule has 1 fully saturated rings. The molecule has 0 bridgehead atoms. The fraction of sp³-hybridized carbons (Fsp3) is 0.846. The molecule has 0 aliphatic carbocycles. The van der Waals surface area contributed by atoms with Gasteiger partial charge >= 0.3 is 0 Å². The Labute approximate surface area is 114 Å². The van der Waals surface area contributed by atoms with Crippen LogP contribution in [-0.2, 0) is 9.59 Å². The first-order chi connectivity index (χ1) is 8.53. The predicted molar refractivity (Wildman–Crippen MR) is 75.6 cm³/mol. The Bertz CT molecular complexity index is 316. The van der Waals surface area contributed by atoms with Gasteiger partial charge in [0.05, 0.1) is 0 Å². The topological polar surface area (TPSA) is 49.4 Å². The summed E-state index contributed by atoms with van der Waals surface area (Å²) in [5.74, 6) is 1.08. The summed E-state index contributed by atoms with van der Waals surface area (Å²) in [6.07, 6.45) is 4.34. The molecule has 2 amide bonds. The van der Waals surface area contributed by atoms with Crippen LogP contribution in [0.2, 0.25) is 0 Å². The quantitative estimate of drug-likeness (QED) is 0.748. The van der Waals surface area contributed by atoms with Crippen molar-refractivity contribution in [2.24, 2.45) is 0 Å². The van der Waals surface area contributed by atoms with E-state index in [9.17, 15) is 9.59 Å². The van der Waals surface area contributed by atoms with Crippen LogP contribution in [-0.4, -0.2) is 46.8 Å². The summed E-state index contributed by atoms with van der Waals surface area (Å²) in [6, 6.07) is -0.391. The van der Waals surface area contributed by atoms with Gasteiger partial charge in [0, 0.05) is 6.54 Å². The summed E-state index contributed by atoms with van der Waals surface area (Å²) < 4.78 is 0. The van der Waals surface area contributed by atoms with Gasteiger partial charge in [-0.25, -0.2) is 0 Å². The normalized spacial score (nSPS) is 23.1. The highest BCUT2D eigenvalue weighted by atomic mass is 32.2. The molecule has 1 N–H and O–H groups in total. The van der Waals surface area contributed by atoms with Gasteiger partial charge < -0.3 is 10.2 Å². The van der Waals surface area contributed by atoms with Crippen molar-refractivity contribution in [1.29, 1.82) is 0 Å². The fourth-order valence-corrected chi connectivity index (χ4v) is 3.02. The third kappa shape index (κ3) is 2.66. The lowest BCUT2D eigenvalue weighted by Gasteiger charge is -2.47. The zero-order valence-corrected chi connectivity index (χ0v) is 12.6. The van der Waals surface area contributed by atoms with E-state index in [0.29, 0.717) is 19.4 Å². The van der Waals surface area contributed by atoms with Crippen LogP contribution in [0.25, 0.3) is 0 Å². The SMILES string of the molecule is CCC1(CC)C(=O)NC(C)C(=O)N1CCCSC. The van der Waals surface area contributed by atoms with Crippen LogP contribution >= 0.6 is 11.8 Å². The minimum absolute atomic E-state index is 0.00347. The second-order valence-electron chi connectivity index (χ2n) is 4.77. The molecule has 1 saturated heterocycles. The monoisotopic (exact) mass is 272 g/mol. The van der Waals surface area contributed by atoms with E-state index in [0.717, 1.165) is 12.2 Å². The molecule has 0 aromatic carbocycles. The molecule has 18 heavy (non-hydrogen) atoms. The van der Waals surface area contributed by atoms with Crippen molar-refractivity contribution in [3.05, 3.63) is 0 Å². The third-order valence-corrected chi connectivity index (χ3v) is 4.52. The summed E-state index contributed by atoms with van der Waals surface area (Å²) >= 11 is 1.77. The van der Waals surface area contributed by atoms with Crippen molar-refractivity contribution < 1.29 is 9.59 Å². The third-order valence-electron chi connectivity index (χ3n) is 3.82. The van der Waals surface area contributed by atoms with Crippen molar-refractivity contribution in [3.63, 3.8) is 0 Å². The molecule has 4 nitrogen and oxygen atoms in total. The average Bonchev–Trinajstić information content (AvgIpc) is 2.36. The van der Waals surface area contributed by atoms with E-state index < -0.39 is 11.6 Å². The Hall–Kier alpha value is -0.710. The lowest BCUT2D eigenvalue weighted by atomic mass is 9.86. The Kier molecular flexibility index (Phi) is 5.50. The fourth-order valence-electron chi connectivity index (χ4n) is 2.60. The standard InChI is InChI=1S/C13H24N2O2S/c1-5-13(6-2)12(17)14-10(3)11(16)15(13)8-7-9-18-4/h10H,5-9H2,1-4H3,(H,14,17). The molecule has 0 aromatic heterocycles. The van der Waals surface area contributed by atoms with Gasteiger partial charge in [-0.1, -0.05) is 13.8 Å². The predicted octanol–water partition coefficient (Wildman–Crippen LogP) is 1.65. The second kappa shape index (κ2) is 6.45. The minimum Gasteiger partial charge on any atom is -0.343 e. The first kappa shape index (κ1) is 15.3. The summed E-state index contributed by atoms with van der Waals surface area (Å²) in [5.41, 5.74) is -0.637. The molecule has 104 valence electrons. The van der Waals surface area contributed by atoms with Gasteiger partial charge in [0.25, 0.3) is 0 Å². The number of nitrogens with one attached hydrogen (secondary N) is 1. The molecule has 1 unspecified atom stereocenters. The maximum Gasteiger partial charge on any atom is 0.246 e. The van der Waals surface area contributed by atoms with Crippen LogP contribution in [0.4, 0.5) is 0 Å². The Morgan fingerprint density at radius 2 is 1.94 bits per heavy atom. The van der Waals surface area contributed by atoms with Crippen LogP contribution in [0.3, 0.4) is 0 Å². The van der Waals surface area contributed by atoms with Crippen LogP contribution < -0.4 is 5.32 Å². The largest absolute Gasteiger partial charge is 0.343 e. The smallest absolute Gasteiger partial charge is 0.246 e.